The molecule has 0 saturated carbocycles. The lowest BCUT2D eigenvalue weighted by molar-refractivity contribution is -0.156. The summed E-state index contributed by atoms with van der Waals surface area (Å²) in [5.41, 5.74) is -0.723. The fourth-order valence-electron chi connectivity index (χ4n) is 2.05. The first kappa shape index (κ1) is 13.6. The highest BCUT2D eigenvalue weighted by atomic mass is 16.8. The second-order valence-corrected chi connectivity index (χ2v) is 5.80. The van der Waals surface area contributed by atoms with E-state index in [9.17, 15) is 4.79 Å². The van der Waals surface area contributed by atoms with Crippen molar-refractivity contribution in [2.45, 2.75) is 39.1 Å². The molecule has 0 radical (unpaired) electrons. The van der Waals surface area contributed by atoms with Crippen molar-refractivity contribution in [3.05, 3.63) is 35.9 Å². The summed E-state index contributed by atoms with van der Waals surface area (Å²) in [5.74, 6) is 2.12. The largest absolute Gasteiger partial charge is 0.433 e. The molecule has 1 heterocycles. The number of carbonyl (C=O) groups is 1. The van der Waals surface area contributed by atoms with Crippen molar-refractivity contribution in [2.75, 3.05) is 0 Å². The summed E-state index contributed by atoms with van der Waals surface area (Å²) < 4.78 is 11.3. The van der Waals surface area contributed by atoms with Crippen LogP contribution < -0.4 is 0 Å². The predicted molar refractivity (Wildman–Crippen MR) is 72.0 cm³/mol. The zero-order valence-electron chi connectivity index (χ0n) is 11.5. The molecule has 0 spiro atoms. The molecule has 1 aromatic carbocycles. The Morgan fingerprint density at radius 3 is 2.42 bits per heavy atom. The van der Waals surface area contributed by atoms with Crippen molar-refractivity contribution in [1.29, 1.82) is 0 Å². The van der Waals surface area contributed by atoms with Crippen LogP contribution in [-0.4, -0.2) is 12.3 Å². The van der Waals surface area contributed by atoms with Crippen molar-refractivity contribution >= 4 is 5.97 Å². The second kappa shape index (κ2) is 4.71. The molecule has 100 valence electrons. The Balaban J connectivity index is 2.42. The van der Waals surface area contributed by atoms with Gasteiger partial charge < -0.3 is 9.47 Å². The predicted octanol–water partition coefficient (Wildman–Crippen LogP) is 2.85. The zero-order valence-corrected chi connectivity index (χ0v) is 11.5. The Bertz CT molecular complexity index is 507. The third-order valence-electron chi connectivity index (χ3n) is 3.15. The van der Waals surface area contributed by atoms with Crippen molar-refractivity contribution in [3.8, 4) is 12.3 Å². The van der Waals surface area contributed by atoms with Crippen molar-refractivity contribution in [2.24, 2.45) is 5.41 Å². The van der Waals surface area contributed by atoms with Crippen LogP contribution in [0.5, 0.6) is 0 Å². The van der Waals surface area contributed by atoms with Gasteiger partial charge in [0, 0.05) is 5.41 Å². The van der Waals surface area contributed by atoms with Crippen molar-refractivity contribution in [3.63, 3.8) is 0 Å². The number of carbonyl (C=O) groups excluding carboxylic acids is 1. The van der Waals surface area contributed by atoms with E-state index in [4.69, 9.17) is 15.9 Å². The van der Waals surface area contributed by atoms with Gasteiger partial charge in [0.15, 0.2) is 0 Å². The fraction of sp³-hybridized carbons (Fsp3) is 0.438. The average molecular weight is 258 g/mol. The average Bonchev–Trinajstić information content (AvgIpc) is 2.70. The first-order valence-corrected chi connectivity index (χ1v) is 6.28. The number of cyclic esters (lactones) is 1. The van der Waals surface area contributed by atoms with Crippen LogP contribution in [0.2, 0.25) is 0 Å². The highest BCUT2D eigenvalue weighted by molar-refractivity contribution is 5.83. The van der Waals surface area contributed by atoms with Crippen molar-refractivity contribution < 1.29 is 14.3 Å². The minimum Gasteiger partial charge on any atom is -0.433 e. The molecule has 0 aliphatic carbocycles. The number of ether oxygens (including phenoxy) is 2. The molecule has 1 aliphatic rings. The van der Waals surface area contributed by atoms with Crippen LogP contribution >= 0.6 is 0 Å². The molecule has 3 nitrogen and oxygen atoms in total. The molecule has 1 aromatic rings. The molecule has 1 aliphatic heterocycles. The van der Waals surface area contributed by atoms with Crippen LogP contribution in [0.3, 0.4) is 0 Å². The molecule has 0 amide bonds. The Labute approximate surface area is 113 Å². The van der Waals surface area contributed by atoms with Gasteiger partial charge in [-0.05, 0) is 5.56 Å². The molecule has 1 saturated heterocycles. The summed E-state index contributed by atoms with van der Waals surface area (Å²) in [7, 11) is 0. The summed E-state index contributed by atoms with van der Waals surface area (Å²) in [5, 5.41) is 0. The molecule has 0 unspecified atom stereocenters. The quantitative estimate of drug-likeness (QED) is 0.604. The van der Waals surface area contributed by atoms with Gasteiger partial charge in [-0.2, -0.15) is 0 Å². The van der Waals surface area contributed by atoms with Gasteiger partial charge in [0.05, 0.1) is 6.42 Å². The molecule has 0 N–H and O–H groups in total. The first-order chi connectivity index (χ1) is 8.90. The van der Waals surface area contributed by atoms with Crippen LogP contribution in [0, 0.1) is 17.8 Å². The van der Waals surface area contributed by atoms with E-state index in [1.54, 1.807) is 0 Å². The number of benzene rings is 1. The van der Waals surface area contributed by atoms with Crippen LogP contribution in [0.1, 0.15) is 32.8 Å². The van der Waals surface area contributed by atoms with Gasteiger partial charge in [-0.15, -0.1) is 12.3 Å². The SMILES string of the molecule is C#CC[C@]1(c2ccccc2)O[C@@H](C(C)(C)C)OC1=O. The fourth-order valence-corrected chi connectivity index (χ4v) is 2.05. The van der Waals surface area contributed by atoms with Gasteiger partial charge in [-0.1, -0.05) is 51.1 Å². The smallest absolute Gasteiger partial charge is 0.346 e. The van der Waals surface area contributed by atoms with Gasteiger partial charge in [0.2, 0.25) is 11.9 Å². The Hall–Kier alpha value is -1.79. The van der Waals surface area contributed by atoms with Crippen LogP contribution in [0.4, 0.5) is 0 Å². The molecule has 2 atom stereocenters. The normalized spacial score (nSPS) is 26.8. The monoisotopic (exact) mass is 258 g/mol. The molecule has 0 bridgehead atoms. The number of rotatable bonds is 2. The molecular weight excluding hydrogens is 240 g/mol. The molecule has 1 fully saturated rings. The maximum atomic E-state index is 12.3. The van der Waals surface area contributed by atoms with Crippen LogP contribution in [0.25, 0.3) is 0 Å². The number of hydrogen-bond donors (Lipinski definition) is 0. The number of terminal acetylenes is 1. The van der Waals surface area contributed by atoms with Gasteiger partial charge in [-0.25, -0.2) is 4.79 Å². The minimum absolute atomic E-state index is 0.169. The van der Waals surface area contributed by atoms with Gasteiger partial charge >= 0.3 is 5.97 Å². The molecule has 2 rings (SSSR count). The highest BCUT2D eigenvalue weighted by Gasteiger charge is 2.54. The first-order valence-electron chi connectivity index (χ1n) is 6.28. The van der Waals surface area contributed by atoms with E-state index in [2.05, 4.69) is 5.92 Å². The molecule has 19 heavy (non-hydrogen) atoms. The van der Waals surface area contributed by atoms with Gasteiger partial charge in [-0.3, -0.25) is 0 Å². The van der Waals surface area contributed by atoms with Gasteiger partial charge in [0.25, 0.3) is 0 Å². The van der Waals surface area contributed by atoms with Gasteiger partial charge in [0.1, 0.15) is 0 Å². The van der Waals surface area contributed by atoms with E-state index >= 15 is 0 Å². The maximum absolute atomic E-state index is 12.3. The van der Waals surface area contributed by atoms with E-state index in [1.165, 1.54) is 0 Å². The third-order valence-corrected chi connectivity index (χ3v) is 3.15. The molecule has 3 heteroatoms. The van der Waals surface area contributed by atoms with E-state index in [-0.39, 0.29) is 11.8 Å². The summed E-state index contributed by atoms with van der Waals surface area (Å²) in [4.78, 5) is 12.3. The number of esters is 1. The standard InChI is InChI=1S/C16H18O3/c1-5-11-16(12-9-7-6-8-10-12)13(17)18-14(19-16)15(2,3)4/h1,6-10,14H,11H2,2-4H3/t14-,16+/m0/s1. The van der Waals surface area contributed by atoms with E-state index < -0.39 is 17.9 Å². The summed E-state index contributed by atoms with van der Waals surface area (Å²) in [6.07, 6.45) is 4.99. The third kappa shape index (κ3) is 2.36. The van der Waals surface area contributed by atoms with E-state index in [0.29, 0.717) is 0 Å². The zero-order chi connectivity index (χ0) is 14.1. The molecule has 0 aromatic heterocycles. The maximum Gasteiger partial charge on any atom is 0.346 e. The van der Waals surface area contributed by atoms with E-state index in [0.717, 1.165) is 5.56 Å². The summed E-state index contributed by atoms with van der Waals surface area (Å²) in [6.45, 7) is 5.88. The summed E-state index contributed by atoms with van der Waals surface area (Å²) in [6, 6.07) is 9.27. The number of hydrogen-bond acceptors (Lipinski definition) is 3. The van der Waals surface area contributed by atoms with Crippen LogP contribution in [0.15, 0.2) is 30.3 Å². The van der Waals surface area contributed by atoms with E-state index in [1.807, 2.05) is 51.1 Å². The Morgan fingerprint density at radius 2 is 1.95 bits per heavy atom. The lowest BCUT2D eigenvalue weighted by Gasteiger charge is -2.27. The highest BCUT2D eigenvalue weighted by Crippen LogP contribution is 2.42. The lowest BCUT2D eigenvalue weighted by atomic mass is 9.90. The minimum atomic E-state index is -1.17. The van der Waals surface area contributed by atoms with Crippen LogP contribution in [-0.2, 0) is 19.9 Å². The Kier molecular flexibility index (Phi) is 3.38. The van der Waals surface area contributed by atoms with Crippen molar-refractivity contribution in [1.82, 2.24) is 0 Å². The molecular formula is C16H18O3. The summed E-state index contributed by atoms with van der Waals surface area (Å²) >= 11 is 0. The lowest BCUT2D eigenvalue weighted by Crippen LogP contribution is -2.34. The second-order valence-electron chi connectivity index (χ2n) is 5.80. The topological polar surface area (TPSA) is 35.5 Å². The Morgan fingerprint density at radius 1 is 1.32 bits per heavy atom.